The van der Waals surface area contributed by atoms with Crippen LogP contribution in [-0.4, -0.2) is 96.7 Å². The van der Waals surface area contributed by atoms with Gasteiger partial charge in [-0.1, -0.05) is 303 Å². The van der Waals surface area contributed by atoms with Gasteiger partial charge in [-0.2, -0.15) is 0 Å². The number of ether oxygens (including phenoxy) is 4. The maximum atomic E-state index is 13.1. The van der Waals surface area contributed by atoms with Gasteiger partial charge in [0.2, 0.25) is 0 Å². The molecule has 0 amide bonds. The van der Waals surface area contributed by atoms with Crippen LogP contribution in [0.25, 0.3) is 0 Å². The van der Waals surface area contributed by atoms with Gasteiger partial charge in [-0.15, -0.1) is 0 Å². The molecule has 0 rings (SSSR count). The second-order valence-electron chi connectivity index (χ2n) is 27.0. The van der Waals surface area contributed by atoms with Crippen molar-refractivity contribution in [3.05, 3.63) is 122 Å². The molecular weight excluding hydrogens is 1350 g/mol. The van der Waals surface area contributed by atoms with E-state index in [1.807, 2.05) is 18.2 Å². The number of unbranched alkanes of at least 4 members (excludes halogenated alkanes) is 30. The summed E-state index contributed by atoms with van der Waals surface area (Å²) in [5, 5.41) is 10.6. The summed E-state index contributed by atoms with van der Waals surface area (Å²) in [5.74, 6) is -2.29. The number of rotatable bonds is 76. The van der Waals surface area contributed by atoms with Crippen molar-refractivity contribution in [1.29, 1.82) is 0 Å². The summed E-state index contributed by atoms with van der Waals surface area (Å²) >= 11 is 0. The fraction of sp³-hybridized carbons (Fsp3) is 0.718. The minimum absolute atomic E-state index is 0.0312. The third kappa shape index (κ3) is 75.7. The van der Waals surface area contributed by atoms with Crippen LogP contribution in [0.5, 0.6) is 0 Å². The third-order valence-electron chi connectivity index (χ3n) is 16.9. The Morgan fingerprint density at radius 2 is 0.519 bits per heavy atom. The molecule has 0 saturated heterocycles. The highest BCUT2D eigenvalue weighted by molar-refractivity contribution is 7.47. The van der Waals surface area contributed by atoms with E-state index in [-0.39, 0.29) is 25.7 Å². The average Bonchev–Trinajstić information content (AvgIpc) is 0.918. The molecule has 0 spiro atoms. The Morgan fingerprint density at radius 3 is 0.846 bits per heavy atom. The summed E-state index contributed by atoms with van der Waals surface area (Å²) in [7, 11) is -9.98. The zero-order valence-electron chi connectivity index (χ0n) is 65.4. The van der Waals surface area contributed by atoms with Crippen molar-refractivity contribution in [2.45, 2.75) is 354 Å². The third-order valence-corrected chi connectivity index (χ3v) is 18.8. The monoisotopic (exact) mass is 1500 g/mol. The molecule has 0 aliphatic carbocycles. The highest BCUT2D eigenvalue weighted by Crippen LogP contribution is 2.45. The zero-order chi connectivity index (χ0) is 76.0. The maximum absolute atomic E-state index is 13.1. The molecule has 3 N–H and O–H groups in total. The molecular formula is C85H146O17P2. The molecule has 0 saturated carbocycles. The van der Waals surface area contributed by atoms with Crippen LogP contribution >= 0.6 is 15.6 Å². The topological polar surface area (TPSA) is 237 Å². The van der Waals surface area contributed by atoms with E-state index in [1.165, 1.54) is 103 Å². The molecule has 0 aromatic carbocycles. The molecule has 0 aromatic rings. The van der Waals surface area contributed by atoms with Crippen molar-refractivity contribution in [1.82, 2.24) is 0 Å². The Kier molecular flexibility index (Phi) is 73.3. The largest absolute Gasteiger partial charge is 0.472 e. The number of esters is 4. The number of phosphoric acid groups is 2. The number of aliphatic hydroxyl groups is 1. The predicted molar refractivity (Wildman–Crippen MR) is 427 cm³/mol. The Labute approximate surface area is 632 Å². The standard InChI is InChI=1S/C85H146O17P2/c1-5-9-13-17-21-25-29-33-37-38-39-40-44-46-50-54-58-62-66-70-83(88)96-76-81(102-85(90)72-68-64-60-56-52-48-43-36-32-28-24-20-16-12-8-4)78-100-104(93,94)98-74-79(86)73-97-103(91,92)99-77-80(101-84(89)71-67-63-59-55-51-47-42-35-31-27-23-19-15-11-7-3)75-95-82(87)69-65-61-57-53-49-45-41-34-30-26-22-18-14-10-6-2/h9,13,21-22,24-26,28,33-34,36-37,39-41,43,46,50,58,62,79-81,86H,5-8,10-12,14-20,23,27,29-32,35,38,42,44-45,47-49,51-57,59-61,63-78H2,1-4H3,(H,91,92)(H,93,94)/b13-9-,25-21-,26-22-,28-24-,37-33-,40-39-,41-34-,43-36-,50-46-,62-58-. The molecule has 0 aliphatic rings. The number of hydrogen-bond donors (Lipinski definition) is 3. The molecule has 598 valence electrons. The van der Waals surface area contributed by atoms with Crippen LogP contribution in [0.1, 0.15) is 336 Å². The molecule has 5 unspecified atom stereocenters. The van der Waals surface area contributed by atoms with E-state index in [2.05, 4.69) is 131 Å². The van der Waals surface area contributed by atoms with E-state index in [0.717, 1.165) is 148 Å². The maximum Gasteiger partial charge on any atom is 0.472 e. The number of aliphatic hydroxyl groups excluding tert-OH is 1. The number of allylic oxidation sites excluding steroid dienone is 20. The number of carbonyl (C=O) groups excluding carboxylic acids is 4. The number of phosphoric ester groups is 2. The number of hydrogen-bond acceptors (Lipinski definition) is 15. The lowest BCUT2D eigenvalue weighted by molar-refractivity contribution is -0.161. The van der Waals surface area contributed by atoms with Crippen LogP contribution < -0.4 is 0 Å². The summed E-state index contributed by atoms with van der Waals surface area (Å²) < 4.78 is 68.6. The molecule has 19 heteroatoms. The van der Waals surface area contributed by atoms with E-state index < -0.39 is 97.5 Å². The Morgan fingerprint density at radius 1 is 0.279 bits per heavy atom. The Balaban J connectivity index is 5.44. The number of carbonyl (C=O) groups is 4. The minimum atomic E-state index is -5.00. The molecule has 0 aliphatic heterocycles. The zero-order valence-corrected chi connectivity index (χ0v) is 67.2. The lowest BCUT2D eigenvalue weighted by Gasteiger charge is -2.21. The van der Waals surface area contributed by atoms with E-state index in [1.54, 1.807) is 0 Å². The van der Waals surface area contributed by atoms with Crippen LogP contribution in [0.4, 0.5) is 0 Å². The first-order valence-corrected chi connectivity index (χ1v) is 43.8. The molecule has 0 aromatic heterocycles. The van der Waals surface area contributed by atoms with Gasteiger partial charge >= 0.3 is 39.5 Å². The first-order valence-electron chi connectivity index (χ1n) is 40.8. The predicted octanol–water partition coefficient (Wildman–Crippen LogP) is 23.9. The summed E-state index contributed by atoms with van der Waals surface area (Å²) in [4.78, 5) is 73.0. The van der Waals surface area contributed by atoms with Crippen molar-refractivity contribution >= 4 is 39.5 Å². The summed E-state index contributed by atoms with van der Waals surface area (Å²) in [6.45, 7) is 4.63. The molecule has 104 heavy (non-hydrogen) atoms. The smallest absolute Gasteiger partial charge is 0.462 e. The van der Waals surface area contributed by atoms with E-state index in [4.69, 9.17) is 37.0 Å². The van der Waals surface area contributed by atoms with E-state index in [0.29, 0.717) is 32.1 Å². The van der Waals surface area contributed by atoms with Gasteiger partial charge in [0.05, 0.1) is 26.4 Å². The lowest BCUT2D eigenvalue weighted by Crippen LogP contribution is -2.30. The van der Waals surface area contributed by atoms with Gasteiger partial charge in [-0.3, -0.25) is 37.3 Å². The lowest BCUT2D eigenvalue weighted by atomic mass is 10.0. The Bertz CT molecular complexity index is 2440. The van der Waals surface area contributed by atoms with Crippen molar-refractivity contribution in [2.75, 3.05) is 39.6 Å². The van der Waals surface area contributed by atoms with Crippen LogP contribution in [0.2, 0.25) is 0 Å². The molecule has 5 atom stereocenters. The first kappa shape index (κ1) is 99.5. The quantitative estimate of drug-likeness (QED) is 0.0169. The first-order chi connectivity index (χ1) is 50.7. The fourth-order valence-electron chi connectivity index (χ4n) is 10.7. The van der Waals surface area contributed by atoms with Crippen LogP contribution in [0.3, 0.4) is 0 Å². The molecule has 0 bridgehead atoms. The fourth-order valence-corrected chi connectivity index (χ4v) is 12.3. The van der Waals surface area contributed by atoms with E-state index in [9.17, 15) is 43.2 Å². The van der Waals surface area contributed by atoms with Gasteiger partial charge in [0.1, 0.15) is 19.3 Å². The van der Waals surface area contributed by atoms with Crippen LogP contribution in [0, 0.1) is 0 Å². The summed E-state index contributed by atoms with van der Waals surface area (Å²) in [6, 6.07) is 0. The van der Waals surface area contributed by atoms with Gasteiger partial charge in [0.25, 0.3) is 0 Å². The highest BCUT2D eigenvalue weighted by Gasteiger charge is 2.30. The van der Waals surface area contributed by atoms with Crippen molar-refractivity contribution in [2.24, 2.45) is 0 Å². The molecule has 0 radical (unpaired) electrons. The molecule has 17 nitrogen and oxygen atoms in total. The van der Waals surface area contributed by atoms with Crippen molar-refractivity contribution in [3.63, 3.8) is 0 Å². The summed E-state index contributed by atoms with van der Waals surface area (Å²) in [5.41, 5.74) is 0. The van der Waals surface area contributed by atoms with Crippen molar-refractivity contribution in [3.8, 4) is 0 Å². The van der Waals surface area contributed by atoms with Crippen molar-refractivity contribution < 1.29 is 80.2 Å². The summed E-state index contributed by atoms with van der Waals surface area (Å²) in [6.07, 6.45) is 84.7. The average molecular weight is 1500 g/mol. The second-order valence-corrected chi connectivity index (χ2v) is 29.9. The molecule has 0 heterocycles. The van der Waals surface area contributed by atoms with Gasteiger partial charge in [0.15, 0.2) is 12.2 Å². The molecule has 0 fully saturated rings. The SMILES string of the molecule is CC/C=C\C/C=C\C/C=C\C/C=C\C/C=C\C/C=C\CCC(=O)OCC(COP(=O)(O)OCC(O)COP(=O)(O)OCC(COC(=O)CCCCCCC/C=C\C/C=C\CCCCC)OC(=O)CCCCCCCCCCCCCCCCC)OC(=O)CCCCCCC/C=C\C/C=C\CCCCC. The van der Waals surface area contributed by atoms with Crippen LogP contribution in [0.15, 0.2) is 122 Å². The van der Waals surface area contributed by atoms with Gasteiger partial charge < -0.3 is 33.8 Å². The second kappa shape index (κ2) is 76.6. The minimum Gasteiger partial charge on any atom is -0.462 e. The van der Waals surface area contributed by atoms with Gasteiger partial charge in [-0.05, 0) is 128 Å². The normalized spacial score (nSPS) is 14.5. The van der Waals surface area contributed by atoms with E-state index >= 15 is 0 Å². The Hall–Kier alpha value is -4.54. The van der Waals surface area contributed by atoms with Crippen LogP contribution in [-0.2, 0) is 65.4 Å². The van der Waals surface area contributed by atoms with Gasteiger partial charge in [-0.25, -0.2) is 9.13 Å². The highest BCUT2D eigenvalue weighted by atomic mass is 31.2. The van der Waals surface area contributed by atoms with Gasteiger partial charge in [0, 0.05) is 25.7 Å².